The quantitative estimate of drug-likeness (QED) is 0.349. The second-order valence-corrected chi connectivity index (χ2v) is 6.63. The molecule has 0 N–H and O–H groups in total. The van der Waals surface area contributed by atoms with E-state index in [1.54, 1.807) is 43.5 Å². The number of methoxy groups -OCH3 is 2. The van der Waals surface area contributed by atoms with Crippen LogP contribution in [0.5, 0.6) is 17.2 Å². The SMILES string of the molecule is COc1ccc(OC)c(C(=O)/C=C/c2ccc(COc3cccc(Cl)c3C)o2)c1. The summed E-state index contributed by atoms with van der Waals surface area (Å²) < 4.78 is 21.9. The Hall–Kier alpha value is -3.18. The molecular weight excluding hydrogens is 392 g/mol. The number of hydrogen-bond donors (Lipinski definition) is 0. The van der Waals surface area contributed by atoms with Gasteiger partial charge in [-0.05, 0) is 61.5 Å². The van der Waals surface area contributed by atoms with Crippen molar-refractivity contribution >= 4 is 23.5 Å². The van der Waals surface area contributed by atoms with Gasteiger partial charge in [0.05, 0.1) is 19.8 Å². The Balaban J connectivity index is 1.67. The summed E-state index contributed by atoms with van der Waals surface area (Å²) in [5, 5.41) is 0.650. The molecule has 0 atom stereocenters. The van der Waals surface area contributed by atoms with Gasteiger partial charge in [-0.3, -0.25) is 4.79 Å². The zero-order valence-electron chi connectivity index (χ0n) is 16.4. The zero-order valence-corrected chi connectivity index (χ0v) is 17.2. The number of benzene rings is 2. The minimum Gasteiger partial charge on any atom is -0.497 e. The van der Waals surface area contributed by atoms with Crippen molar-refractivity contribution in [1.82, 2.24) is 0 Å². The smallest absolute Gasteiger partial charge is 0.189 e. The lowest BCUT2D eigenvalue weighted by molar-refractivity contribution is 0.104. The second-order valence-electron chi connectivity index (χ2n) is 6.22. The van der Waals surface area contributed by atoms with E-state index in [1.165, 1.54) is 13.2 Å². The van der Waals surface area contributed by atoms with Gasteiger partial charge in [-0.1, -0.05) is 17.7 Å². The minimum atomic E-state index is -0.218. The summed E-state index contributed by atoms with van der Waals surface area (Å²) in [5.74, 6) is 2.72. The van der Waals surface area contributed by atoms with Crippen molar-refractivity contribution in [2.45, 2.75) is 13.5 Å². The van der Waals surface area contributed by atoms with Gasteiger partial charge in [0.25, 0.3) is 0 Å². The summed E-state index contributed by atoms with van der Waals surface area (Å²) in [5.41, 5.74) is 1.29. The fourth-order valence-corrected chi connectivity index (χ4v) is 2.87. The number of carbonyl (C=O) groups is 1. The Morgan fingerprint density at radius 1 is 1.07 bits per heavy atom. The van der Waals surface area contributed by atoms with Crippen LogP contribution in [-0.2, 0) is 6.61 Å². The molecule has 0 aliphatic rings. The van der Waals surface area contributed by atoms with Crippen LogP contribution < -0.4 is 14.2 Å². The minimum absolute atomic E-state index is 0.218. The van der Waals surface area contributed by atoms with E-state index >= 15 is 0 Å². The maximum atomic E-state index is 12.6. The molecule has 0 spiro atoms. The van der Waals surface area contributed by atoms with Crippen molar-refractivity contribution < 1.29 is 23.4 Å². The number of halogens is 1. The van der Waals surface area contributed by atoms with Crippen LogP contribution in [0.25, 0.3) is 6.08 Å². The number of allylic oxidation sites excluding steroid dienone is 1. The van der Waals surface area contributed by atoms with Gasteiger partial charge < -0.3 is 18.6 Å². The molecule has 0 bridgehead atoms. The van der Waals surface area contributed by atoms with Gasteiger partial charge in [0.2, 0.25) is 0 Å². The third-order valence-corrected chi connectivity index (χ3v) is 4.75. The van der Waals surface area contributed by atoms with Gasteiger partial charge in [0, 0.05) is 10.6 Å². The first-order valence-electron chi connectivity index (χ1n) is 8.93. The Bertz CT molecular complexity index is 1040. The summed E-state index contributed by atoms with van der Waals surface area (Å²) in [7, 11) is 3.06. The van der Waals surface area contributed by atoms with Gasteiger partial charge in [-0.25, -0.2) is 0 Å². The molecule has 3 rings (SSSR count). The fourth-order valence-electron chi connectivity index (χ4n) is 2.71. The summed E-state index contributed by atoms with van der Waals surface area (Å²) >= 11 is 6.10. The van der Waals surface area contributed by atoms with Crippen molar-refractivity contribution in [2.24, 2.45) is 0 Å². The molecule has 29 heavy (non-hydrogen) atoms. The van der Waals surface area contributed by atoms with Crippen LogP contribution in [0.4, 0.5) is 0 Å². The Labute approximate surface area is 174 Å². The Morgan fingerprint density at radius 3 is 2.66 bits per heavy atom. The molecule has 0 saturated carbocycles. The lowest BCUT2D eigenvalue weighted by Gasteiger charge is -2.08. The van der Waals surface area contributed by atoms with E-state index in [-0.39, 0.29) is 12.4 Å². The van der Waals surface area contributed by atoms with Crippen LogP contribution in [-0.4, -0.2) is 20.0 Å². The third-order valence-electron chi connectivity index (χ3n) is 4.34. The van der Waals surface area contributed by atoms with E-state index in [0.717, 1.165) is 5.56 Å². The average Bonchev–Trinajstić information content (AvgIpc) is 3.20. The topological polar surface area (TPSA) is 57.9 Å². The zero-order chi connectivity index (χ0) is 20.8. The molecule has 0 unspecified atom stereocenters. The third kappa shape index (κ3) is 5.00. The van der Waals surface area contributed by atoms with E-state index in [4.69, 9.17) is 30.2 Å². The first-order chi connectivity index (χ1) is 14.0. The van der Waals surface area contributed by atoms with Crippen molar-refractivity contribution in [2.75, 3.05) is 14.2 Å². The van der Waals surface area contributed by atoms with Crippen LogP contribution in [0.3, 0.4) is 0 Å². The molecule has 0 saturated heterocycles. The van der Waals surface area contributed by atoms with Crippen LogP contribution in [0.2, 0.25) is 5.02 Å². The van der Waals surface area contributed by atoms with Crippen molar-refractivity contribution in [3.8, 4) is 17.2 Å². The van der Waals surface area contributed by atoms with E-state index in [1.807, 2.05) is 25.1 Å². The molecule has 1 heterocycles. The molecule has 1 aromatic heterocycles. The van der Waals surface area contributed by atoms with E-state index < -0.39 is 0 Å². The Morgan fingerprint density at radius 2 is 1.90 bits per heavy atom. The molecule has 3 aromatic rings. The predicted molar refractivity (Wildman–Crippen MR) is 112 cm³/mol. The molecule has 6 heteroatoms. The number of rotatable bonds is 8. The lowest BCUT2D eigenvalue weighted by Crippen LogP contribution is -1.99. The van der Waals surface area contributed by atoms with E-state index in [0.29, 0.717) is 39.4 Å². The van der Waals surface area contributed by atoms with Crippen LogP contribution >= 0.6 is 11.6 Å². The summed E-state index contributed by atoms with van der Waals surface area (Å²) in [6.07, 6.45) is 3.04. The number of ketones is 1. The maximum absolute atomic E-state index is 12.6. The summed E-state index contributed by atoms with van der Waals surface area (Å²) in [4.78, 5) is 12.6. The fraction of sp³-hybridized carbons (Fsp3) is 0.174. The summed E-state index contributed by atoms with van der Waals surface area (Å²) in [6, 6.07) is 14.1. The lowest BCUT2D eigenvalue weighted by atomic mass is 10.1. The molecule has 0 fully saturated rings. The van der Waals surface area contributed by atoms with E-state index in [9.17, 15) is 4.79 Å². The molecule has 0 radical (unpaired) electrons. The van der Waals surface area contributed by atoms with Crippen molar-refractivity contribution in [3.63, 3.8) is 0 Å². The van der Waals surface area contributed by atoms with Gasteiger partial charge in [-0.15, -0.1) is 0 Å². The second kappa shape index (κ2) is 9.34. The standard InChI is InChI=1S/C23H21ClO5/c1-15-20(24)5-4-6-22(15)28-14-18-8-7-16(29-18)9-11-21(25)19-13-17(26-2)10-12-23(19)27-3/h4-13H,14H2,1-3H3/b11-9+. The van der Waals surface area contributed by atoms with Crippen molar-refractivity contribution in [3.05, 3.63) is 82.3 Å². The normalized spacial score (nSPS) is 10.9. The van der Waals surface area contributed by atoms with E-state index in [2.05, 4.69) is 0 Å². The molecule has 0 aliphatic carbocycles. The summed E-state index contributed by atoms with van der Waals surface area (Å²) in [6.45, 7) is 2.15. The molecule has 0 amide bonds. The van der Waals surface area contributed by atoms with Crippen molar-refractivity contribution in [1.29, 1.82) is 0 Å². The molecule has 150 valence electrons. The van der Waals surface area contributed by atoms with Gasteiger partial charge in [0.1, 0.15) is 35.4 Å². The number of hydrogen-bond acceptors (Lipinski definition) is 5. The first kappa shape index (κ1) is 20.6. The average molecular weight is 413 g/mol. The Kier molecular flexibility index (Phi) is 6.62. The van der Waals surface area contributed by atoms with Gasteiger partial charge in [-0.2, -0.15) is 0 Å². The van der Waals surface area contributed by atoms with Crippen LogP contribution in [0.1, 0.15) is 27.4 Å². The largest absolute Gasteiger partial charge is 0.497 e. The number of carbonyl (C=O) groups excluding carboxylic acids is 1. The molecule has 0 aliphatic heterocycles. The van der Waals surface area contributed by atoms with Crippen LogP contribution in [0, 0.1) is 6.92 Å². The highest BCUT2D eigenvalue weighted by Crippen LogP contribution is 2.27. The monoisotopic (exact) mass is 412 g/mol. The number of furan rings is 1. The highest BCUT2D eigenvalue weighted by molar-refractivity contribution is 6.31. The molecule has 2 aromatic carbocycles. The predicted octanol–water partition coefficient (Wildman–Crippen LogP) is 5.73. The first-order valence-corrected chi connectivity index (χ1v) is 9.30. The number of ether oxygens (including phenoxy) is 3. The molecule has 5 nitrogen and oxygen atoms in total. The molecular formula is C23H21ClO5. The van der Waals surface area contributed by atoms with Crippen LogP contribution in [0.15, 0.2) is 59.0 Å². The highest BCUT2D eigenvalue weighted by Gasteiger charge is 2.12. The van der Waals surface area contributed by atoms with Gasteiger partial charge in [0.15, 0.2) is 5.78 Å². The highest BCUT2D eigenvalue weighted by atomic mass is 35.5. The van der Waals surface area contributed by atoms with Gasteiger partial charge >= 0.3 is 0 Å². The maximum Gasteiger partial charge on any atom is 0.189 e.